The fourth-order valence-electron chi connectivity index (χ4n) is 3.42. The van der Waals surface area contributed by atoms with Crippen LogP contribution < -0.4 is 5.09 Å². The Hall–Kier alpha value is 0.110. The normalized spacial score (nSPS) is 17.7. The summed E-state index contributed by atoms with van der Waals surface area (Å²) in [6.45, 7) is 20.2. The quantitative estimate of drug-likeness (QED) is 0.666. The molecule has 5 heteroatoms. The molecule has 2 N–H and O–H groups in total. The van der Waals surface area contributed by atoms with Crippen LogP contribution in [-0.4, -0.2) is 16.0 Å². The van der Waals surface area contributed by atoms with Gasteiger partial charge in [0.25, 0.3) is 0 Å². The van der Waals surface area contributed by atoms with Crippen molar-refractivity contribution in [3.63, 3.8) is 0 Å². The van der Waals surface area contributed by atoms with Crippen LogP contribution in [0.1, 0.15) is 82.1 Å². The average Bonchev–Trinajstić information content (AvgIpc) is 1.83. The summed E-state index contributed by atoms with van der Waals surface area (Å²) in [6, 6.07) is 0. The zero-order valence-corrected chi connectivity index (χ0v) is 16.5. The van der Waals surface area contributed by atoms with Crippen LogP contribution in [0.5, 0.6) is 0 Å². The minimum absolute atomic E-state index is 0.0322. The fourth-order valence-corrected chi connectivity index (χ4v) is 5.04. The Morgan fingerprint density at radius 1 is 0.857 bits per heavy atom. The topological polar surface area (TPSA) is 58.6 Å². The summed E-state index contributed by atoms with van der Waals surface area (Å²) < 4.78 is 18.0. The largest absolute Gasteiger partial charge is 0.403 e. The van der Waals surface area contributed by atoms with Crippen LogP contribution in [0.2, 0.25) is 0 Å². The van der Waals surface area contributed by atoms with E-state index in [1.165, 1.54) is 0 Å². The Labute approximate surface area is 131 Å². The van der Waals surface area contributed by atoms with Crippen LogP contribution in [0.3, 0.4) is 0 Å². The highest BCUT2D eigenvalue weighted by molar-refractivity contribution is 7.50. The summed E-state index contributed by atoms with van der Waals surface area (Å²) in [5, 5.41) is 2.82. The first-order valence-corrected chi connectivity index (χ1v) is 9.23. The molecular formula is C16H36NO3P. The molecule has 0 aliphatic heterocycles. The molecule has 21 heavy (non-hydrogen) atoms. The maximum atomic E-state index is 12.4. The lowest BCUT2D eigenvalue weighted by molar-refractivity contribution is 0.0446. The Morgan fingerprint density at radius 2 is 1.24 bits per heavy atom. The highest BCUT2D eigenvalue weighted by Gasteiger charge is 2.38. The van der Waals surface area contributed by atoms with E-state index in [-0.39, 0.29) is 10.8 Å². The third kappa shape index (κ3) is 11.3. The Balaban J connectivity index is 4.88. The first-order chi connectivity index (χ1) is 8.83. The van der Waals surface area contributed by atoms with Gasteiger partial charge in [0, 0.05) is 5.54 Å². The van der Waals surface area contributed by atoms with E-state index in [2.05, 4.69) is 46.6 Å². The maximum absolute atomic E-state index is 12.4. The minimum Gasteiger partial charge on any atom is -0.312 e. The monoisotopic (exact) mass is 321 g/mol. The van der Waals surface area contributed by atoms with Crippen molar-refractivity contribution in [2.24, 2.45) is 10.8 Å². The van der Waals surface area contributed by atoms with Crippen molar-refractivity contribution in [2.75, 3.05) is 0 Å². The van der Waals surface area contributed by atoms with Gasteiger partial charge in [-0.2, -0.15) is 0 Å². The fraction of sp³-hybridized carbons (Fsp3) is 1.00. The van der Waals surface area contributed by atoms with Gasteiger partial charge in [-0.1, -0.05) is 41.5 Å². The zero-order valence-electron chi connectivity index (χ0n) is 15.6. The van der Waals surface area contributed by atoms with Gasteiger partial charge in [-0.3, -0.25) is 4.52 Å². The third-order valence-electron chi connectivity index (χ3n) is 2.74. The molecule has 4 nitrogen and oxygen atoms in total. The van der Waals surface area contributed by atoms with Gasteiger partial charge in [0.15, 0.2) is 0 Å². The Morgan fingerprint density at radius 3 is 1.57 bits per heavy atom. The van der Waals surface area contributed by atoms with Gasteiger partial charge in [-0.05, 0) is 51.4 Å². The summed E-state index contributed by atoms with van der Waals surface area (Å²) >= 11 is 0. The van der Waals surface area contributed by atoms with Gasteiger partial charge in [0.1, 0.15) is 0 Å². The molecule has 0 heterocycles. The lowest BCUT2D eigenvalue weighted by Gasteiger charge is -2.38. The molecular weight excluding hydrogens is 285 g/mol. The first kappa shape index (κ1) is 21.1. The number of rotatable bonds is 6. The molecule has 0 aromatic rings. The SMILES string of the molecule is CC(C)(C)CC(C)(C)NP(=O)(O)OC(C)(C)CC(C)(C)C. The summed E-state index contributed by atoms with van der Waals surface area (Å²) in [4.78, 5) is 10.2. The van der Waals surface area contributed by atoms with Crippen molar-refractivity contribution in [3.05, 3.63) is 0 Å². The number of nitrogens with one attached hydrogen (secondary N) is 1. The molecule has 0 aliphatic carbocycles. The summed E-state index contributed by atoms with van der Waals surface area (Å²) in [5.74, 6) is 0. The van der Waals surface area contributed by atoms with Crippen molar-refractivity contribution in [1.29, 1.82) is 0 Å². The van der Waals surface area contributed by atoms with E-state index in [1.807, 2.05) is 27.7 Å². The van der Waals surface area contributed by atoms with Crippen LogP contribution in [0.15, 0.2) is 0 Å². The van der Waals surface area contributed by atoms with Crippen LogP contribution in [0.4, 0.5) is 0 Å². The highest BCUT2D eigenvalue weighted by Crippen LogP contribution is 2.48. The number of hydrogen-bond acceptors (Lipinski definition) is 2. The van der Waals surface area contributed by atoms with E-state index >= 15 is 0 Å². The van der Waals surface area contributed by atoms with E-state index in [9.17, 15) is 9.46 Å². The molecule has 0 rings (SSSR count). The van der Waals surface area contributed by atoms with Crippen LogP contribution in [0.25, 0.3) is 0 Å². The smallest absolute Gasteiger partial charge is 0.312 e. The van der Waals surface area contributed by atoms with Gasteiger partial charge in [0.2, 0.25) is 0 Å². The Kier molecular flexibility index (Phi) is 6.35. The van der Waals surface area contributed by atoms with Crippen molar-refractivity contribution in [2.45, 2.75) is 93.2 Å². The van der Waals surface area contributed by atoms with Crippen LogP contribution >= 0.6 is 7.75 Å². The van der Waals surface area contributed by atoms with Crippen molar-refractivity contribution >= 4 is 7.75 Å². The second-order valence-electron chi connectivity index (χ2n) is 9.84. The van der Waals surface area contributed by atoms with Gasteiger partial charge < -0.3 is 4.89 Å². The second-order valence-corrected chi connectivity index (χ2v) is 11.3. The lowest BCUT2D eigenvalue weighted by atomic mass is 9.82. The summed E-state index contributed by atoms with van der Waals surface area (Å²) in [7, 11) is -3.86. The minimum atomic E-state index is -3.86. The van der Waals surface area contributed by atoms with Gasteiger partial charge >= 0.3 is 7.75 Å². The van der Waals surface area contributed by atoms with Crippen LogP contribution in [-0.2, 0) is 9.09 Å². The molecule has 0 amide bonds. The molecule has 0 aromatic carbocycles. The molecule has 1 atom stereocenters. The highest BCUT2D eigenvalue weighted by atomic mass is 31.2. The van der Waals surface area contributed by atoms with Crippen molar-refractivity contribution < 1.29 is 14.0 Å². The second kappa shape index (κ2) is 6.31. The van der Waals surface area contributed by atoms with Gasteiger partial charge in [-0.25, -0.2) is 9.65 Å². The van der Waals surface area contributed by atoms with Gasteiger partial charge in [-0.15, -0.1) is 0 Å². The number of hydrogen-bond donors (Lipinski definition) is 2. The molecule has 0 saturated heterocycles. The molecule has 0 spiro atoms. The molecule has 1 unspecified atom stereocenters. The third-order valence-corrected chi connectivity index (χ3v) is 4.37. The maximum Gasteiger partial charge on any atom is 0.403 e. The van der Waals surface area contributed by atoms with E-state index < -0.39 is 18.9 Å². The molecule has 0 bridgehead atoms. The molecule has 0 aromatic heterocycles. The predicted molar refractivity (Wildman–Crippen MR) is 90.3 cm³/mol. The van der Waals surface area contributed by atoms with E-state index in [0.717, 1.165) is 6.42 Å². The van der Waals surface area contributed by atoms with Gasteiger partial charge in [0.05, 0.1) is 5.60 Å². The van der Waals surface area contributed by atoms with E-state index in [4.69, 9.17) is 4.52 Å². The zero-order chi connectivity index (χ0) is 17.3. The Bertz CT molecular complexity index is 355. The van der Waals surface area contributed by atoms with E-state index in [1.54, 1.807) is 0 Å². The van der Waals surface area contributed by atoms with Crippen molar-refractivity contribution in [3.8, 4) is 0 Å². The molecule has 0 radical (unpaired) electrons. The molecule has 0 saturated carbocycles. The van der Waals surface area contributed by atoms with E-state index in [0.29, 0.717) is 6.42 Å². The van der Waals surface area contributed by atoms with Crippen LogP contribution in [0, 0.1) is 10.8 Å². The predicted octanol–water partition coefficient (Wildman–Crippen LogP) is 5.12. The summed E-state index contributed by atoms with van der Waals surface area (Å²) in [5.41, 5.74) is -1.03. The average molecular weight is 321 g/mol. The molecule has 128 valence electrons. The van der Waals surface area contributed by atoms with Crippen molar-refractivity contribution in [1.82, 2.24) is 5.09 Å². The standard InChI is InChI=1S/C16H36NO3P/c1-13(2,3)11-15(7,8)17-21(18,19)20-16(9,10)12-14(4,5)6/h11-12H2,1-10H3,(H2,17,18,19). The molecule has 0 aliphatic rings. The first-order valence-electron chi connectivity index (χ1n) is 7.66. The molecule has 0 fully saturated rings. The lowest BCUT2D eigenvalue weighted by Crippen LogP contribution is -2.42. The summed E-state index contributed by atoms with van der Waals surface area (Å²) in [6.07, 6.45) is 1.47.